The fraction of sp³-hybridized carbons (Fsp3) is 0.857. The molecule has 78 valence electrons. The first-order valence-corrected chi connectivity index (χ1v) is 5.95. The second-order valence-corrected chi connectivity index (χ2v) is 4.50. The molecule has 0 aliphatic rings. The lowest BCUT2D eigenvalue weighted by molar-refractivity contribution is -0.118. The van der Waals surface area contributed by atoms with Gasteiger partial charge in [0.2, 0.25) is 5.91 Å². The Balaban J connectivity index is 3.80. The third kappa shape index (κ3) is 6.75. The van der Waals surface area contributed by atoms with E-state index in [0.29, 0.717) is 0 Å². The van der Waals surface area contributed by atoms with Crippen LogP contribution in [0.2, 0.25) is 0 Å². The van der Waals surface area contributed by atoms with E-state index in [9.17, 15) is 9.36 Å². The maximum atomic E-state index is 11.1. The molecule has 0 aliphatic carbocycles. The largest absolute Gasteiger partial charge is 0.359 e. The van der Waals surface area contributed by atoms with E-state index in [-0.39, 0.29) is 6.61 Å². The molecular weight excluding hydrogens is 193 g/mol. The Labute approximate surface area is 78.0 Å². The minimum atomic E-state index is -3.71. The van der Waals surface area contributed by atoms with Gasteiger partial charge in [0.15, 0.2) is 0 Å². The lowest BCUT2D eigenvalue weighted by Crippen LogP contribution is -2.22. The molecular formula is C7H16NO4P. The zero-order chi connectivity index (χ0) is 10.3. The number of carbonyl (C=O) groups is 1. The molecule has 0 saturated heterocycles. The van der Waals surface area contributed by atoms with Crippen LogP contribution in [0.25, 0.3) is 0 Å². The molecule has 6 heteroatoms. The van der Waals surface area contributed by atoms with Gasteiger partial charge in [-0.25, -0.2) is 0 Å². The number of carbonyl (C=O) groups excluding carboxylic acids is 1. The van der Waals surface area contributed by atoms with E-state index in [1.54, 1.807) is 0 Å². The van der Waals surface area contributed by atoms with E-state index in [0.717, 1.165) is 12.8 Å². The summed E-state index contributed by atoms with van der Waals surface area (Å²) < 4.78 is 15.8. The first-order valence-electron chi connectivity index (χ1n) is 4.18. The van der Waals surface area contributed by atoms with Gasteiger partial charge in [-0.1, -0.05) is 13.3 Å². The molecule has 1 amide bonds. The maximum Gasteiger partial charge on any atom is 0.337 e. The van der Waals surface area contributed by atoms with Crippen molar-refractivity contribution in [1.82, 2.24) is 5.32 Å². The smallest absolute Gasteiger partial charge is 0.337 e. The van der Waals surface area contributed by atoms with Crippen molar-refractivity contribution >= 4 is 13.5 Å². The van der Waals surface area contributed by atoms with Crippen molar-refractivity contribution < 1.29 is 18.8 Å². The van der Waals surface area contributed by atoms with Gasteiger partial charge < -0.3 is 14.7 Å². The average Bonchev–Trinajstić information content (AvgIpc) is 2.03. The van der Waals surface area contributed by atoms with Gasteiger partial charge in [-0.2, -0.15) is 0 Å². The number of hydrogen-bond donors (Lipinski definition) is 2. The van der Waals surface area contributed by atoms with Gasteiger partial charge in [0, 0.05) is 7.05 Å². The molecule has 0 fully saturated rings. The molecule has 0 saturated carbocycles. The molecule has 0 aromatic carbocycles. The summed E-state index contributed by atoms with van der Waals surface area (Å²) in [5.74, 6) is -0.484. The van der Waals surface area contributed by atoms with Gasteiger partial charge in [0.05, 0.1) is 6.61 Å². The van der Waals surface area contributed by atoms with Gasteiger partial charge in [0.25, 0.3) is 0 Å². The molecule has 0 radical (unpaired) electrons. The van der Waals surface area contributed by atoms with Crippen molar-refractivity contribution in [3.63, 3.8) is 0 Å². The van der Waals surface area contributed by atoms with Crippen molar-refractivity contribution in [3.05, 3.63) is 0 Å². The topological polar surface area (TPSA) is 75.6 Å². The highest BCUT2D eigenvalue weighted by atomic mass is 31.2. The lowest BCUT2D eigenvalue weighted by Gasteiger charge is -2.10. The first kappa shape index (κ1) is 12.6. The van der Waals surface area contributed by atoms with Crippen LogP contribution < -0.4 is 5.32 Å². The van der Waals surface area contributed by atoms with Crippen molar-refractivity contribution in [2.75, 3.05) is 19.8 Å². The number of amides is 1. The molecule has 0 aromatic heterocycles. The molecule has 0 aromatic rings. The van der Waals surface area contributed by atoms with E-state index in [1.807, 2.05) is 6.92 Å². The SMILES string of the molecule is CCCCOP(=O)(O)CC(=O)NC. The van der Waals surface area contributed by atoms with Crippen LogP contribution in [0.15, 0.2) is 0 Å². The number of unbranched alkanes of at least 4 members (excludes halogenated alkanes) is 1. The number of nitrogens with one attached hydrogen (secondary N) is 1. The summed E-state index contributed by atoms with van der Waals surface area (Å²) in [4.78, 5) is 19.9. The molecule has 1 atom stereocenters. The summed E-state index contributed by atoms with van der Waals surface area (Å²) in [6, 6.07) is 0. The fourth-order valence-corrected chi connectivity index (χ4v) is 1.68. The van der Waals surface area contributed by atoms with Crippen molar-refractivity contribution in [2.45, 2.75) is 19.8 Å². The number of rotatable bonds is 6. The standard InChI is InChI=1S/C7H16NO4P/c1-3-4-5-12-13(10,11)6-7(9)8-2/h3-6H2,1-2H3,(H,8,9)(H,10,11). The van der Waals surface area contributed by atoms with Crippen LogP contribution in [0, 0.1) is 0 Å². The van der Waals surface area contributed by atoms with Crippen molar-refractivity contribution in [1.29, 1.82) is 0 Å². The molecule has 2 N–H and O–H groups in total. The second-order valence-electron chi connectivity index (χ2n) is 2.66. The minimum Gasteiger partial charge on any atom is -0.359 e. The van der Waals surface area contributed by atoms with Gasteiger partial charge in [-0.05, 0) is 6.42 Å². The Morgan fingerprint density at radius 1 is 1.62 bits per heavy atom. The quantitative estimate of drug-likeness (QED) is 0.499. The summed E-state index contributed by atoms with van der Waals surface area (Å²) in [5.41, 5.74) is 0. The van der Waals surface area contributed by atoms with Crippen molar-refractivity contribution in [3.8, 4) is 0 Å². The Kier molecular flexibility index (Phi) is 5.95. The first-order chi connectivity index (χ1) is 6.02. The minimum absolute atomic E-state index is 0.223. The molecule has 1 unspecified atom stereocenters. The highest BCUT2D eigenvalue weighted by molar-refractivity contribution is 7.53. The van der Waals surface area contributed by atoms with Gasteiger partial charge in [-0.15, -0.1) is 0 Å². The average molecular weight is 209 g/mol. The van der Waals surface area contributed by atoms with Gasteiger partial charge in [0.1, 0.15) is 6.16 Å². The third-order valence-corrected chi connectivity index (χ3v) is 2.69. The van der Waals surface area contributed by atoms with E-state index in [1.165, 1.54) is 7.05 Å². The normalized spacial score (nSPS) is 15.0. The summed E-state index contributed by atoms with van der Waals surface area (Å²) in [6.07, 6.45) is 1.14. The van der Waals surface area contributed by atoms with Crippen LogP contribution in [0.5, 0.6) is 0 Å². The zero-order valence-corrected chi connectivity index (χ0v) is 8.84. The lowest BCUT2D eigenvalue weighted by atomic mass is 10.4. The molecule has 0 aliphatic heterocycles. The summed E-state index contributed by atoms with van der Waals surface area (Å²) in [7, 11) is -2.30. The van der Waals surface area contributed by atoms with Gasteiger partial charge in [-0.3, -0.25) is 9.36 Å². The predicted octanol–water partition coefficient (Wildman–Crippen LogP) is 0.735. The molecule has 0 rings (SSSR count). The van der Waals surface area contributed by atoms with Crippen LogP contribution in [0.4, 0.5) is 0 Å². The zero-order valence-electron chi connectivity index (χ0n) is 7.95. The maximum absolute atomic E-state index is 11.1. The molecule has 5 nitrogen and oxygen atoms in total. The van der Waals surface area contributed by atoms with E-state index < -0.39 is 19.7 Å². The van der Waals surface area contributed by atoms with E-state index in [4.69, 9.17) is 9.42 Å². The monoisotopic (exact) mass is 209 g/mol. The van der Waals surface area contributed by atoms with Crippen LogP contribution in [0.1, 0.15) is 19.8 Å². The Hall–Kier alpha value is -0.380. The Morgan fingerprint density at radius 3 is 2.69 bits per heavy atom. The summed E-state index contributed by atoms with van der Waals surface area (Å²) in [5, 5.41) is 2.26. The molecule has 13 heavy (non-hydrogen) atoms. The Morgan fingerprint density at radius 2 is 2.23 bits per heavy atom. The van der Waals surface area contributed by atoms with Crippen LogP contribution in [-0.4, -0.2) is 30.6 Å². The van der Waals surface area contributed by atoms with Gasteiger partial charge >= 0.3 is 7.60 Å². The fourth-order valence-electron chi connectivity index (χ4n) is 0.658. The second kappa shape index (κ2) is 6.13. The van der Waals surface area contributed by atoms with Crippen LogP contribution in [0.3, 0.4) is 0 Å². The van der Waals surface area contributed by atoms with E-state index in [2.05, 4.69) is 5.32 Å². The Bertz CT molecular complexity index is 207. The van der Waals surface area contributed by atoms with E-state index >= 15 is 0 Å². The molecule has 0 spiro atoms. The summed E-state index contributed by atoms with van der Waals surface area (Å²) in [6.45, 7) is 2.17. The highest BCUT2D eigenvalue weighted by Gasteiger charge is 2.22. The van der Waals surface area contributed by atoms with Crippen molar-refractivity contribution in [2.24, 2.45) is 0 Å². The van der Waals surface area contributed by atoms with Crippen LogP contribution in [-0.2, 0) is 13.9 Å². The van der Waals surface area contributed by atoms with Crippen LogP contribution >= 0.6 is 7.60 Å². The number of hydrogen-bond acceptors (Lipinski definition) is 3. The predicted molar refractivity (Wildman–Crippen MR) is 49.6 cm³/mol. The molecule has 0 heterocycles. The third-order valence-electron chi connectivity index (χ3n) is 1.41. The highest BCUT2D eigenvalue weighted by Crippen LogP contribution is 2.41. The summed E-state index contributed by atoms with van der Waals surface area (Å²) >= 11 is 0. The molecule has 0 bridgehead atoms.